The van der Waals surface area contributed by atoms with E-state index in [4.69, 9.17) is 0 Å². The van der Waals surface area contributed by atoms with Crippen LogP contribution in [-0.2, 0) is 24.3 Å². The van der Waals surface area contributed by atoms with Crippen LogP contribution in [0, 0.1) is 0 Å². The number of carbonyl (C=O) groups excluding carboxylic acids is 1. The van der Waals surface area contributed by atoms with E-state index in [1.807, 2.05) is 30.5 Å². The highest BCUT2D eigenvalue weighted by molar-refractivity contribution is 5.90. The Labute approximate surface area is 271 Å². The number of hydrogen-bond acceptors (Lipinski definition) is 6. The molecule has 0 bridgehead atoms. The van der Waals surface area contributed by atoms with Crippen LogP contribution < -0.4 is 10.6 Å². The summed E-state index contributed by atoms with van der Waals surface area (Å²) in [5, 5.41) is 17.1. The minimum absolute atomic E-state index is 0.0739. The number of hydrogen-bond donors (Lipinski definition) is 2. The number of rotatable bonds is 10. The topological polar surface area (TPSA) is 78.3 Å². The molecule has 8 nitrogen and oxygen atoms in total. The molecule has 46 heavy (non-hydrogen) atoms. The van der Waals surface area contributed by atoms with E-state index in [1.54, 1.807) is 0 Å². The first-order chi connectivity index (χ1) is 22.7. The van der Waals surface area contributed by atoms with Gasteiger partial charge in [0.25, 0.3) is 0 Å². The molecule has 8 heteroatoms. The Balaban J connectivity index is 0.933. The Hall–Kier alpha value is -4.53. The minimum atomic E-state index is 0.0739. The van der Waals surface area contributed by atoms with Crippen LogP contribution in [0.1, 0.15) is 42.4 Å². The number of carbonyl (C=O) groups is 1. The minimum Gasteiger partial charge on any atom is -0.366 e. The van der Waals surface area contributed by atoms with Gasteiger partial charge in [-0.1, -0.05) is 78.9 Å². The van der Waals surface area contributed by atoms with Gasteiger partial charge in [-0.05, 0) is 60.6 Å². The second-order valence-corrected chi connectivity index (χ2v) is 12.8. The molecular weight excluding hydrogens is 570 g/mol. The molecule has 236 valence electrons. The SMILES string of the molecule is O=C(Cc1cn(-c2ccc(NC3CCN(Cc4ccccc4)CC3)nn2)c2ccccc12)NC1CCN(Cc2ccccc2)CC1. The van der Waals surface area contributed by atoms with Gasteiger partial charge < -0.3 is 10.6 Å². The Bertz CT molecular complexity index is 1710. The van der Waals surface area contributed by atoms with E-state index < -0.39 is 0 Å². The monoisotopic (exact) mass is 613 g/mol. The van der Waals surface area contributed by atoms with Crippen LogP contribution in [0.15, 0.2) is 103 Å². The Kier molecular flexibility index (Phi) is 9.35. The number of likely N-dealkylation sites (tertiary alicyclic amines) is 2. The number of benzene rings is 3. The van der Waals surface area contributed by atoms with Crippen LogP contribution in [0.2, 0.25) is 0 Å². The van der Waals surface area contributed by atoms with Gasteiger partial charge in [-0.2, -0.15) is 0 Å². The number of nitrogens with one attached hydrogen (secondary N) is 2. The van der Waals surface area contributed by atoms with E-state index >= 15 is 0 Å². The molecule has 2 N–H and O–H groups in total. The van der Waals surface area contributed by atoms with Crippen LogP contribution in [0.3, 0.4) is 0 Å². The Morgan fingerprint density at radius 2 is 1.26 bits per heavy atom. The summed E-state index contributed by atoms with van der Waals surface area (Å²) in [5.74, 6) is 1.62. The number of nitrogens with zero attached hydrogens (tertiary/aromatic N) is 5. The molecule has 0 saturated carbocycles. The van der Waals surface area contributed by atoms with Gasteiger partial charge in [-0.25, -0.2) is 0 Å². The maximum Gasteiger partial charge on any atom is 0.224 e. The van der Waals surface area contributed by atoms with Crippen molar-refractivity contribution in [2.24, 2.45) is 0 Å². The molecule has 2 fully saturated rings. The fourth-order valence-corrected chi connectivity index (χ4v) is 6.93. The number of para-hydroxylation sites is 1. The molecule has 4 heterocycles. The maximum atomic E-state index is 13.2. The number of aromatic nitrogens is 3. The molecule has 5 aromatic rings. The summed E-state index contributed by atoms with van der Waals surface area (Å²) in [4.78, 5) is 18.2. The van der Waals surface area contributed by atoms with Gasteiger partial charge >= 0.3 is 0 Å². The first-order valence-electron chi connectivity index (χ1n) is 16.7. The fourth-order valence-electron chi connectivity index (χ4n) is 6.93. The second-order valence-electron chi connectivity index (χ2n) is 12.8. The average Bonchev–Trinajstić information content (AvgIpc) is 3.46. The highest BCUT2D eigenvalue weighted by Gasteiger charge is 2.23. The van der Waals surface area contributed by atoms with Crippen LogP contribution in [0.5, 0.6) is 0 Å². The first kappa shape index (κ1) is 30.1. The van der Waals surface area contributed by atoms with Crippen molar-refractivity contribution in [2.75, 3.05) is 31.5 Å². The van der Waals surface area contributed by atoms with Gasteiger partial charge in [-0.15, -0.1) is 10.2 Å². The van der Waals surface area contributed by atoms with Crippen molar-refractivity contribution in [3.8, 4) is 5.82 Å². The number of amides is 1. The van der Waals surface area contributed by atoms with Crippen LogP contribution in [-0.4, -0.2) is 68.7 Å². The smallest absolute Gasteiger partial charge is 0.224 e. The van der Waals surface area contributed by atoms with Gasteiger partial charge in [0.15, 0.2) is 5.82 Å². The normalized spacial score (nSPS) is 16.9. The maximum absolute atomic E-state index is 13.2. The largest absolute Gasteiger partial charge is 0.366 e. The lowest BCUT2D eigenvalue weighted by Crippen LogP contribution is -2.44. The van der Waals surface area contributed by atoms with E-state index in [9.17, 15) is 4.79 Å². The first-order valence-corrected chi connectivity index (χ1v) is 16.7. The number of anilines is 1. The molecule has 0 atom stereocenters. The summed E-state index contributed by atoms with van der Waals surface area (Å²) < 4.78 is 2.05. The van der Waals surface area contributed by atoms with Gasteiger partial charge in [-0.3, -0.25) is 19.2 Å². The lowest BCUT2D eigenvalue weighted by Gasteiger charge is -2.32. The van der Waals surface area contributed by atoms with Gasteiger partial charge in [0, 0.05) is 62.9 Å². The van der Waals surface area contributed by atoms with Crippen LogP contribution >= 0.6 is 0 Å². The zero-order valence-corrected chi connectivity index (χ0v) is 26.4. The quantitative estimate of drug-likeness (QED) is 0.207. The summed E-state index contributed by atoms with van der Waals surface area (Å²) >= 11 is 0. The van der Waals surface area contributed by atoms with Crippen molar-refractivity contribution >= 4 is 22.6 Å². The zero-order valence-electron chi connectivity index (χ0n) is 26.4. The number of fused-ring (bicyclic) bond motifs is 1. The summed E-state index contributed by atoms with van der Waals surface area (Å²) in [6.07, 6.45) is 6.50. The molecule has 0 radical (unpaired) electrons. The van der Waals surface area contributed by atoms with Crippen molar-refractivity contribution in [3.05, 3.63) is 120 Å². The summed E-state index contributed by atoms with van der Waals surface area (Å²) in [5.41, 5.74) is 4.74. The lowest BCUT2D eigenvalue weighted by atomic mass is 10.0. The summed E-state index contributed by atoms with van der Waals surface area (Å²) in [6, 6.07) is 34.2. The third-order valence-electron chi connectivity index (χ3n) is 9.43. The Morgan fingerprint density at radius 3 is 1.87 bits per heavy atom. The van der Waals surface area contributed by atoms with E-state index in [2.05, 4.69) is 108 Å². The fraction of sp³-hybridized carbons (Fsp3) is 0.342. The van der Waals surface area contributed by atoms with Gasteiger partial charge in [0.05, 0.1) is 11.9 Å². The zero-order chi connectivity index (χ0) is 31.1. The van der Waals surface area contributed by atoms with E-state index in [1.165, 1.54) is 11.1 Å². The van der Waals surface area contributed by atoms with Gasteiger partial charge in [0.1, 0.15) is 5.82 Å². The highest BCUT2D eigenvalue weighted by atomic mass is 16.1. The standard InChI is InChI=1S/C38H43N7O/c46-38(40-33-19-23-44(24-20-33)27-30-11-5-2-6-12-30)25-31-28-45(35-14-8-7-13-34(31)35)37-16-15-36(41-42-37)39-32-17-21-43(22-18-32)26-29-9-3-1-4-10-29/h1-16,28,32-33H,17-27H2,(H,39,41)(H,40,46). The number of piperidine rings is 2. The molecule has 2 aliphatic rings. The predicted molar refractivity (Wildman–Crippen MR) is 184 cm³/mol. The molecule has 2 aliphatic heterocycles. The van der Waals surface area contributed by atoms with Crippen molar-refractivity contribution in [1.82, 2.24) is 29.9 Å². The molecule has 0 unspecified atom stereocenters. The predicted octanol–water partition coefficient (Wildman–Crippen LogP) is 5.82. The summed E-state index contributed by atoms with van der Waals surface area (Å²) in [7, 11) is 0. The molecule has 7 rings (SSSR count). The lowest BCUT2D eigenvalue weighted by molar-refractivity contribution is -0.121. The van der Waals surface area contributed by atoms with Crippen molar-refractivity contribution in [3.63, 3.8) is 0 Å². The van der Waals surface area contributed by atoms with E-state index in [0.29, 0.717) is 12.5 Å². The summed E-state index contributed by atoms with van der Waals surface area (Å²) in [6.45, 7) is 6.10. The van der Waals surface area contributed by atoms with Gasteiger partial charge in [0.2, 0.25) is 5.91 Å². The van der Waals surface area contributed by atoms with Crippen molar-refractivity contribution in [2.45, 2.75) is 57.3 Å². The average molecular weight is 614 g/mol. The van der Waals surface area contributed by atoms with Crippen molar-refractivity contribution < 1.29 is 4.79 Å². The third kappa shape index (κ3) is 7.46. The molecule has 2 aromatic heterocycles. The second kappa shape index (κ2) is 14.3. The molecule has 0 aliphatic carbocycles. The highest BCUT2D eigenvalue weighted by Crippen LogP contribution is 2.25. The molecule has 2 saturated heterocycles. The molecule has 1 amide bonds. The third-order valence-corrected chi connectivity index (χ3v) is 9.43. The van der Waals surface area contributed by atoms with Crippen LogP contribution in [0.25, 0.3) is 16.7 Å². The van der Waals surface area contributed by atoms with E-state index in [0.717, 1.165) is 93.1 Å². The van der Waals surface area contributed by atoms with E-state index in [-0.39, 0.29) is 11.9 Å². The van der Waals surface area contributed by atoms with Crippen molar-refractivity contribution in [1.29, 1.82) is 0 Å². The Morgan fingerprint density at radius 1 is 0.674 bits per heavy atom. The molecular formula is C38H43N7O. The van der Waals surface area contributed by atoms with Crippen LogP contribution in [0.4, 0.5) is 5.82 Å². The molecule has 0 spiro atoms. The molecule has 3 aromatic carbocycles.